The predicted molar refractivity (Wildman–Crippen MR) is 88.0 cm³/mol. The molecule has 0 unspecified atom stereocenters. The summed E-state index contributed by atoms with van der Waals surface area (Å²) in [6.45, 7) is 0. The zero-order valence-corrected chi connectivity index (χ0v) is 17.7. The number of carboxylic acids is 2. The molecule has 0 aliphatic carbocycles. The molecule has 0 aliphatic heterocycles. The van der Waals surface area contributed by atoms with E-state index in [1.54, 1.807) is 24.3 Å². The molecule has 2 N–H and O–H groups in total. The van der Waals surface area contributed by atoms with Gasteiger partial charge in [-0.2, -0.15) is 0 Å². The molecule has 6 heteroatoms. The molecule has 0 spiro atoms. The third-order valence-electron chi connectivity index (χ3n) is 3.43. The van der Waals surface area contributed by atoms with Crippen LogP contribution in [0.5, 0.6) is 0 Å². The molecule has 0 aromatic heterocycles. The zero-order chi connectivity index (χ0) is 18.5. The van der Waals surface area contributed by atoms with Gasteiger partial charge in [-0.05, 0) is 0 Å². The van der Waals surface area contributed by atoms with Gasteiger partial charge in [0, 0.05) is 0 Å². The Morgan fingerprint density at radius 1 is 0.577 bits per heavy atom. The fourth-order valence-corrected chi connectivity index (χ4v) is 7.18. The summed E-state index contributed by atoms with van der Waals surface area (Å²) in [5.74, 6) is -1.79. The first kappa shape index (κ1) is 18.8. The van der Waals surface area contributed by atoms with Crippen molar-refractivity contribution in [3.8, 4) is 0 Å². The van der Waals surface area contributed by atoms with Crippen LogP contribution in [0, 0.1) is 14.3 Å². The van der Waals surface area contributed by atoms with Crippen LogP contribution in [0.1, 0.15) is 20.7 Å². The van der Waals surface area contributed by atoms with Crippen LogP contribution in [0.4, 0.5) is 0 Å². The number of carbonyl (C=O) groups is 2. The van der Waals surface area contributed by atoms with Gasteiger partial charge >= 0.3 is 172 Å². The second-order valence-corrected chi connectivity index (χ2v) is 11.1. The van der Waals surface area contributed by atoms with Crippen LogP contribution in [-0.2, 0) is 0 Å². The Morgan fingerprint density at radius 3 is 1.27 bits per heavy atom. The topological polar surface area (TPSA) is 74.6 Å². The van der Waals surface area contributed by atoms with Crippen molar-refractivity contribution in [2.45, 2.75) is 0 Å². The number of aromatic carboxylic acids is 2. The van der Waals surface area contributed by atoms with Gasteiger partial charge in [0.05, 0.1) is 0 Å². The average molecular weight is 572 g/mol. The van der Waals surface area contributed by atoms with E-state index in [1.807, 2.05) is 48.5 Å². The predicted octanol–water partition coefficient (Wildman–Crippen LogP) is -2.66. The first-order chi connectivity index (χ1) is 12.5. The summed E-state index contributed by atoms with van der Waals surface area (Å²) in [4.78, 5) is 22.7. The summed E-state index contributed by atoms with van der Waals surface area (Å²) in [6, 6.07) is 22.4. The second kappa shape index (κ2) is 8.63. The minimum atomic E-state index is -0.895. The maximum atomic E-state index is 11.3. The standard InChI is InChI=1S/C20H14I2O4/c23-19(24)15-5-1-3-7-17(15)21-13-9-11-14(12-10-13)22-18-8-4-2-6-16(18)20(25)26/h1-12H,(H,23,24)(H,25,26)/q-2. The van der Waals surface area contributed by atoms with Crippen molar-refractivity contribution in [3.63, 3.8) is 0 Å². The fourth-order valence-electron chi connectivity index (χ4n) is 2.22. The molecule has 3 aromatic rings. The van der Waals surface area contributed by atoms with Crippen LogP contribution in [0.25, 0.3) is 0 Å². The molecule has 0 aliphatic rings. The van der Waals surface area contributed by atoms with Crippen LogP contribution in [0.15, 0.2) is 72.8 Å². The number of rotatable bonds is 6. The first-order valence-electron chi connectivity index (χ1n) is 7.59. The molecule has 3 aromatic carbocycles. The Morgan fingerprint density at radius 2 is 0.923 bits per heavy atom. The summed E-state index contributed by atoms with van der Waals surface area (Å²) in [6.07, 6.45) is 0. The van der Waals surface area contributed by atoms with E-state index >= 15 is 0 Å². The molecule has 0 fully saturated rings. The molecule has 4 nitrogen and oxygen atoms in total. The normalized spacial score (nSPS) is 10.8. The third kappa shape index (κ3) is 4.61. The van der Waals surface area contributed by atoms with E-state index in [9.17, 15) is 19.8 Å². The molecule has 0 saturated carbocycles. The summed E-state index contributed by atoms with van der Waals surface area (Å²) < 4.78 is 4.04. The van der Waals surface area contributed by atoms with E-state index in [0.717, 1.165) is 14.3 Å². The van der Waals surface area contributed by atoms with E-state index in [4.69, 9.17) is 0 Å². The Labute approximate surface area is 171 Å². The van der Waals surface area contributed by atoms with Gasteiger partial charge in [-0.1, -0.05) is 0 Å². The molecule has 134 valence electrons. The molecule has 0 saturated heterocycles. The van der Waals surface area contributed by atoms with E-state index in [0.29, 0.717) is 11.1 Å². The van der Waals surface area contributed by atoms with Crippen LogP contribution < -0.4 is 42.4 Å². The number of hydrogen-bond donors (Lipinski definition) is 2. The van der Waals surface area contributed by atoms with Crippen molar-refractivity contribution < 1.29 is 62.2 Å². The molecule has 0 heterocycles. The molecule has 0 atom stereocenters. The third-order valence-corrected chi connectivity index (χ3v) is 9.16. The Kier molecular flexibility index (Phi) is 6.25. The van der Waals surface area contributed by atoms with Gasteiger partial charge in [-0.25, -0.2) is 0 Å². The van der Waals surface area contributed by atoms with Gasteiger partial charge in [0.25, 0.3) is 0 Å². The summed E-state index contributed by atoms with van der Waals surface area (Å²) in [5, 5.41) is 18.6. The summed E-state index contributed by atoms with van der Waals surface area (Å²) >= 11 is -1.16. The number of hydrogen-bond acceptors (Lipinski definition) is 2. The van der Waals surface area contributed by atoms with Crippen LogP contribution in [0.2, 0.25) is 0 Å². The van der Waals surface area contributed by atoms with E-state index in [2.05, 4.69) is 0 Å². The first-order valence-corrected chi connectivity index (χ1v) is 11.9. The average Bonchev–Trinajstić information content (AvgIpc) is 2.64. The van der Waals surface area contributed by atoms with Crippen molar-refractivity contribution in [2.75, 3.05) is 0 Å². The monoisotopic (exact) mass is 572 g/mol. The number of benzene rings is 3. The molecule has 0 bridgehead atoms. The molecule has 26 heavy (non-hydrogen) atoms. The Hall–Kier alpha value is -1.94. The van der Waals surface area contributed by atoms with Crippen LogP contribution >= 0.6 is 0 Å². The molecule has 0 amide bonds. The van der Waals surface area contributed by atoms with Crippen molar-refractivity contribution in [1.82, 2.24) is 0 Å². The summed E-state index contributed by atoms with van der Waals surface area (Å²) in [7, 11) is 0. The van der Waals surface area contributed by atoms with Crippen molar-refractivity contribution in [1.29, 1.82) is 0 Å². The molecular weight excluding hydrogens is 558 g/mol. The number of carboxylic acid groups (broad SMARTS) is 2. The van der Waals surface area contributed by atoms with Gasteiger partial charge in [0.15, 0.2) is 0 Å². The number of halogens is 2. The van der Waals surface area contributed by atoms with Gasteiger partial charge in [0.1, 0.15) is 0 Å². The summed E-state index contributed by atoms with van der Waals surface area (Å²) in [5.41, 5.74) is 0.736. The van der Waals surface area contributed by atoms with Gasteiger partial charge < -0.3 is 0 Å². The zero-order valence-electron chi connectivity index (χ0n) is 13.4. The van der Waals surface area contributed by atoms with Crippen molar-refractivity contribution >= 4 is 11.9 Å². The molecule has 0 radical (unpaired) electrons. The molecule has 3 rings (SSSR count). The van der Waals surface area contributed by atoms with Crippen LogP contribution in [0.3, 0.4) is 0 Å². The fraction of sp³-hybridized carbons (Fsp3) is 0. The van der Waals surface area contributed by atoms with Gasteiger partial charge in [-0.3, -0.25) is 0 Å². The van der Waals surface area contributed by atoms with E-state index in [1.165, 1.54) is 0 Å². The van der Waals surface area contributed by atoms with Crippen molar-refractivity contribution in [3.05, 3.63) is 98.2 Å². The van der Waals surface area contributed by atoms with Gasteiger partial charge in [-0.15, -0.1) is 0 Å². The molecular formula is C20H14I2O4-2. The van der Waals surface area contributed by atoms with E-state index < -0.39 is 54.3 Å². The Balaban J connectivity index is 1.78. The van der Waals surface area contributed by atoms with Gasteiger partial charge in [0.2, 0.25) is 0 Å². The SMILES string of the molecule is O=C(O)c1ccccc1[I-]c1ccc([I-]c2ccccc2C(=O)O)cc1. The maximum absolute atomic E-state index is 11.3. The second-order valence-electron chi connectivity index (χ2n) is 5.20. The van der Waals surface area contributed by atoms with Crippen LogP contribution in [-0.4, -0.2) is 22.2 Å². The van der Waals surface area contributed by atoms with Crippen molar-refractivity contribution in [2.24, 2.45) is 0 Å². The van der Waals surface area contributed by atoms with E-state index in [-0.39, 0.29) is 0 Å². The quantitative estimate of drug-likeness (QED) is 0.317. The Bertz CT molecular complexity index is 874. The minimum absolute atomic E-state index is 0.368.